The van der Waals surface area contributed by atoms with Crippen molar-refractivity contribution in [1.82, 2.24) is 10.6 Å². The van der Waals surface area contributed by atoms with E-state index >= 15 is 0 Å². The standard InChI is InChI=1S/C19H20FN3O4S/c1-28-10-9-17(19(25)21-12-13-5-7-15(20)8-6-13)22-18(24)14-3-2-4-16(11-14)23(26)27/h2-8,11,17H,9-10,12H2,1H3,(H,21,25)(H,22,24). The number of hydrogen-bond donors (Lipinski definition) is 2. The van der Waals surface area contributed by atoms with Gasteiger partial charge in [-0.3, -0.25) is 19.7 Å². The lowest BCUT2D eigenvalue weighted by atomic mass is 10.1. The van der Waals surface area contributed by atoms with Gasteiger partial charge in [0.05, 0.1) is 4.92 Å². The summed E-state index contributed by atoms with van der Waals surface area (Å²) >= 11 is 1.53. The molecule has 2 N–H and O–H groups in total. The molecule has 2 aromatic rings. The summed E-state index contributed by atoms with van der Waals surface area (Å²) in [5.74, 6) is -0.662. The van der Waals surface area contributed by atoms with E-state index in [2.05, 4.69) is 10.6 Å². The Labute approximate surface area is 165 Å². The number of rotatable bonds is 9. The predicted octanol–water partition coefficient (Wildman–Crippen LogP) is 2.90. The number of amides is 2. The Morgan fingerprint density at radius 2 is 1.93 bits per heavy atom. The number of benzene rings is 2. The van der Waals surface area contributed by atoms with Gasteiger partial charge in [0.2, 0.25) is 5.91 Å². The van der Waals surface area contributed by atoms with Crippen LogP contribution in [0, 0.1) is 15.9 Å². The van der Waals surface area contributed by atoms with E-state index < -0.39 is 16.9 Å². The number of nitrogens with zero attached hydrogens (tertiary/aromatic N) is 1. The molecular formula is C19H20FN3O4S. The van der Waals surface area contributed by atoms with Crippen LogP contribution >= 0.6 is 11.8 Å². The molecule has 2 rings (SSSR count). The van der Waals surface area contributed by atoms with Crippen molar-refractivity contribution in [2.45, 2.75) is 19.0 Å². The first-order valence-corrected chi connectivity index (χ1v) is 9.86. The second-order valence-electron chi connectivity index (χ2n) is 5.96. The Balaban J connectivity index is 2.03. The third-order valence-electron chi connectivity index (χ3n) is 3.93. The highest BCUT2D eigenvalue weighted by molar-refractivity contribution is 7.98. The summed E-state index contributed by atoms with van der Waals surface area (Å²) < 4.78 is 13.0. The van der Waals surface area contributed by atoms with Crippen LogP contribution in [-0.4, -0.2) is 34.8 Å². The molecule has 2 amide bonds. The molecule has 1 atom stereocenters. The number of nitro benzene ring substituents is 1. The van der Waals surface area contributed by atoms with Gasteiger partial charge in [0.25, 0.3) is 11.6 Å². The SMILES string of the molecule is CSCCC(NC(=O)c1cccc([N+](=O)[O-])c1)C(=O)NCc1ccc(F)cc1. The second kappa shape index (κ2) is 10.4. The normalized spacial score (nSPS) is 11.5. The average Bonchev–Trinajstić information content (AvgIpc) is 2.70. The highest BCUT2D eigenvalue weighted by Gasteiger charge is 2.22. The maximum Gasteiger partial charge on any atom is 0.270 e. The molecule has 0 saturated heterocycles. The zero-order valence-corrected chi connectivity index (χ0v) is 16.0. The number of nitro groups is 1. The third kappa shape index (κ3) is 6.34. The Morgan fingerprint density at radius 1 is 1.21 bits per heavy atom. The topological polar surface area (TPSA) is 101 Å². The summed E-state index contributed by atoms with van der Waals surface area (Å²) in [5.41, 5.74) is 0.632. The second-order valence-corrected chi connectivity index (χ2v) is 6.94. The highest BCUT2D eigenvalue weighted by Crippen LogP contribution is 2.13. The number of thioether (sulfide) groups is 1. The van der Waals surface area contributed by atoms with Crippen LogP contribution in [0.2, 0.25) is 0 Å². The lowest BCUT2D eigenvalue weighted by Gasteiger charge is -2.18. The van der Waals surface area contributed by atoms with Gasteiger partial charge in [0.1, 0.15) is 11.9 Å². The van der Waals surface area contributed by atoms with Crippen molar-refractivity contribution in [1.29, 1.82) is 0 Å². The molecule has 0 heterocycles. The summed E-state index contributed by atoms with van der Waals surface area (Å²) in [5, 5.41) is 16.2. The van der Waals surface area contributed by atoms with Crippen molar-refractivity contribution < 1.29 is 18.9 Å². The van der Waals surface area contributed by atoms with Crippen LogP contribution in [0.1, 0.15) is 22.3 Å². The molecule has 0 bridgehead atoms. The van der Waals surface area contributed by atoms with Crippen LogP contribution in [0.25, 0.3) is 0 Å². The van der Waals surface area contributed by atoms with Crippen LogP contribution in [0.4, 0.5) is 10.1 Å². The zero-order chi connectivity index (χ0) is 20.5. The molecule has 0 saturated carbocycles. The van der Waals surface area contributed by atoms with E-state index in [-0.39, 0.29) is 29.5 Å². The maximum absolute atomic E-state index is 13.0. The van der Waals surface area contributed by atoms with E-state index in [1.165, 1.54) is 42.1 Å². The molecule has 7 nitrogen and oxygen atoms in total. The number of hydrogen-bond acceptors (Lipinski definition) is 5. The fraction of sp³-hybridized carbons (Fsp3) is 0.263. The van der Waals surface area contributed by atoms with Crippen LogP contribution in [0.5, 0.6) is 0 Å². The smallest absolute Gasteiger partial charge is 0.270 e. The Kier molecular flexibility index (Phi) is 7.94. The van der Waals surface area contributed by atoms with E-state index in [0.29, 0.717) is 12.2 Å². The minimum absolute atomic E-state index is 0.106. The van der Waals surface area contributed by atoms with Crippen molar-refractivity contribution >= 4 is 29.3 Å². The van der Waals surface area contributed by atoms with E-state index in [0.717, 1.165) is 11.6 Å². The van der Waals surface area contributed by atoms with Crippen molar-refractivity contribution in [3.8, 4) is 0 Å². The minimum Gasteiger partial charge on any atom is -0.350 e. The van der Waals surface area contributed by atoms with Gasteiger partial charge in [-0.05, 0) is 42.2 Å². The lowest BCUT2D eigenvalue weighted by Crippen LogP contribution is -2.46. The molecule has 0 fully saturated rings. The average molecular weight is 405 g/mol. The quantitative estimate of drug-likeness (QED) is 0.493. The van der Waals surface area contributed by atoms with Crippen LogP contribution < -0.4 is 10.6 Å². The number of carbonyl (C=O) groups excluding carboxylic acids is 2. The molecule has 0 aliphatic rings. The van der Waals surface area contributed by atoms with Gasteiger partial charge >= 0.3 is 0 Å². The maximum atomic E-state index is 13.0. The molecule has 0 radical (unpaired) electrons. The highest BCUT2D eigenvalue weighted by atomic mass is 32.2. The monoisotopic (exact) mass is 405 g/mol. The Morgan fingerprint density at radius 3 is 2.57 bits per heavy atom. The van der Waals surface area contributed by atoms with Gasteiger partial charge in [0.15, 0.2) is 0 Å². The number of nitrogens with one attached hydrogen (secondary N) is 2. The van der Waals surface area contributed by atoms with Crippen molar-refractivity contribution in [3.63, 3.8) is 0 Å². The largest absolute Gasteiger partial charge is 0.350 e. The van der Waals surface area contributed by atoms with E-state index in [1.807, 2.05) is 6.26 Å². The minimum atomic E-state index is -0.792. The van der Waals surface area contributed by atoms with Crippen LogP contribution in [-0.2, 0) is 11.3 Å². The first-order chi connectivity index (χ1) is 13.4. The summed E-state index contributed by atoms with van der Waals surface area (Å²) in [6.07, 6.45) is 2.28. The van der Waals surface area contributed by atoms with Crippen molar-refractivity contribution in [3.05, 3.63) is 75.6 Å². The molecule has 28 heavy (non-hydrogen) atoms. The molecular weight excluding hydrogens is 385 g/mol. The van der Waals surface area contributed by atoms with Gasteiger partial charge in [-0.15, -0.1) is 0 Å². The molecule has 2 aromatic carbocycles. The fourth-order valence-corrected chi connectivity index (χ4v) is 2.89. The summed E-state index contributed by atoms with van der Waals surface area (Å²) in [4.78, 5) is 35.2. The third-order valence-corrected chi connectivity index (χ3v) is 4.58. The first-order valence-electron chi connectivity index (χ1n) is 8.47. The zero-order valence-electron chi connectivity index (χ0n) is 15.2. The van der Waals surface area contributed by atoms with Gasteiger partial charge < -0.3 is 10.6 Å². The van der Waals surface area contributed by atoms with Crippen molar-refractivity contribution in [2.75, 3.05) is 12.0 Å². The van der Waals surface area contributed by atoms with Crippen LogP contribution in [0.3, 0.4) is 0 Å². The van der Waals surface area contributed by atoms with Gasteiger partial charge in [0, 0.05) is 24.2 Å². The predicted molar refractivity (Wildman–Crippen MR) is 106 cm³/mol. The van der Waals surface area contributed by atoms with Gasteiger partial charge in [-0.2, -0.15) is 11.8 Å². The van der Waals surface area contributed by atoms with Gasteiger partial charge in [-0.25, -0.2) is 4.39 Å². The number of carbonyl (C=O) groups is 2. The number of non-ortho nitro benzene ring substituents is 1. The van der Waals surface area contributed by atoms with E-state index in [9.17, 15) is 24.1 Å². The lowest BCUT2D eigenvalue weighted by molar-refractivity contribution is -0.384. The Bertz CT molecular complexity index is 845. The Hall–Kier alpha value is -2.94. The molecule has 0 aliphatic carbocycles. The molecule has 0 spiro atoms. The molecule has 9 heteroatoms. The van der Waals surface area contributed by atoms with Gasteiger partial charge in [-0.1, -0.05) is 18.2 Å². The molecule has 0 aromatic heterocycles. The summed E-state index contributed by atoms with van der Waals surface area (Å²) in [6, 6.07) is 10.3. The fourth-order valence-electron chi connectivity index (χ4n) is 2.42. The van der Waals surface area contributed by atoms with E-state index in [1.54, 1.807) is 12.1 Å². The van der Waals surface area contributed by atoms with E-state index in [4.69, 9.17) is 0 Å². The molecule has 0 aliphatic heterocycles. The summed E-state index contributed by atoms with van der Waals surface area (Å²) in [6.45, 7) is 0.196. The first kappa shape index (κ1) is 21.4. The molecule has 148 valence electrons. The molecule has 1 unspecified atom stereocenters. The number of halogens is 1. The summed E-state index contributed by atoms with van der Waals surface area (Å²) in [7, 11) is 0. The van der Waals surface area contributed by atoms with Crippen molar-refractivity contribution in [2.24, 2.45) is 0 Å². The van der Waals surface area contributed by atoms with Crippen LogP contribution in [0.15, 0.2) is 48.5 Å².